The van der Waals surface area contributed by atoms with Crippen LogP contribution in [-0.4, -0.2) is 77.3 Å². The van der Waals surface area contributed by atoms with Crippen molar-refractivity contribution in [1.82, 2.24) is 15.5 Å². The normalized spacial score (nSPS) is 19.4. The van der Waals surface area contributed by atoms with Gasteiger partial charge in [0.25, 0.3) is 0 Å². The van der Waals surface area contributed by atoms with Gasteiger partial charge >= 0.3 is 0 Å². The van der Waals surface area contributed by atoms with Gasteiger partial charge in [0.05, 0.1) is 25.2 Å². The fraction of sp³-hybridized carbons (Fsp3) is 0.552. The quantitative estimate of drug-likeness (QED) is 0.433. The molecule has 2 aliphatic heterocycles. The van der Waals surface area contributed by atoms with Crippen LogP contribution in [0.2, 0.25) is 0 Å². The predicted molar refractivity (Wildman–Crippen MR) is 149 cm³/mol. The summed E-state index contributed by atoms with van der Waals surface area (Å²) in [7, 11) is -2.34. The molecule has 2 aromatic rings. The van der Waals surface area contributed by atoms with E-state index >= 15 is 0 Å². The molecule has 39 heavy (non-hydrogen) atoms. The molecule has 4 rings (SSSR count). The number of ether oxygens (including phenoxy) is 3. The Morgan fingerprint density at radius 1 is 1.10 bits per heavy atom. The van der Waals surface area contributed by atoms with Crippen LogP contribution < -0.4 is 15.4 Å². The van der Waals surface area contributed by atoms with E-state index in [4.69, 9.17) is 14.2 Å². The number of methoxy groups -OCH3 is 1. The zero-order valence-corrected chi connectivity index (χ0v) is 24.0. The Bertz CT molecular complexity index is 1180. The van der Waals surface area contributed by atoms with Crippen molar-refractivity contribution < 1.29 is 27.4 Å². The summed E-state index contributed by atoms with van der Waals surface area (Å²) in [5, 5.41) is 6.17. The summed E-state index contributed by atoms with van der Waals surface area (Å²) in [4.78, 5) is 15.3. The van der Waals surface area contributed by atoms with E-state index in [9.17, 15) is 13.2 Å². The van der Waals surface area contributed by atoms with E-state index in [1.54, 1.807) is 33.1 Å². The third kappa shape index (κ3) is 7.79. The number of benzene rings is 2. The molecule has 0 aliphatic carbocycles. The van der Waals surface area contributed by atoms with Crippen molar-refractivity contribution in [1.29, 1.82) is 0 Å². The van der Waals surface area contributed by atoms with Gasteiger partial charge < -0.3 is 24.8 Å². The lowest BCUT2D eigenvalue weighted by atomic mass is 10.1. The number of rotatable bonds is 11. The maximum absolute atomic E-state index is 13.9. The fourth-order valence-electron chi connectivity index (χ4n) is 5.32. The summed E-state index contributed by atoms with van der Waals surface area (Å²) in [6.07, 6.45) is 2.55. The van der Waals surface area contributed by atoms with Crippen LogP contribution in [0.5, 0.6) is 5.75 Å². The van der Waals surface area contributed by atoms with Gasteiger partial charge in [-0.25, -0.2) is 8.42 Å². The monoisotopic (exact) mass is 559 g/mol. The molecule has 2 atom stereocenters. The van der Waals surface area contributed by atoms with Crippen LogP contribution in [0.4, 0.5) is 0 Å². The lowest BCUT2D eigenvalue weighted by Crippen LogP contribution is -2.49. The summed E-state index contributed by atoms with van der Waals surface area (Å²) >= 11 is 0. The van der Waals surface area contributed by atoms with Crippen molar-refractivity contribution in [3.8, 4) is 5.75 Å². The zero-order valence-electron chi connectivity index (χ0n) is 23.2. The maximum atomic E-state index is 13.9. The SMILES string of the molecule is COc1cc(C)c(S(=O)(=O)C(OCC(=O)NCc2ccc(CN3CCOCC3)cc2)C2CCCCN2)c(C)c1. The van der Waals surface area contributed by atoms with Gasteiger partial charge in [0.1, 0.15) is 12.4 Å². The number of nitrogens with one attached hydrogen (secondary N) is 2. The van der Waals surface area contributed by atoms with Crippen molar-refractivity contribution in [3.63, 3.8) is 0 Å². The van der Waals surface area contributed by atoms with Crippen LogP contribution in [-0.2, 0) is 37.2 Å². The third-order valence-electron chi connectivity index (χ3n) is 7.34. The number of nitrogens with zero attached hydrogens (tertiary/aromatic N) is 1. The number of carbonyl (C=O) groups excluding carboxylic acids is 1. The van der Waals surface area contributed by atoms with E-state index in [-0.39, 0.29) is 17.4 Å². The van der Waals surface area contributed by atoms with E-state index in [1.807, 2.05) is 12.1 Å². The molecule has 0 radical (unpaired) electrons. The molecule has 0 saturated carbocycles. The number of hydrogen-bond acceptors (Lipinski definition) is 8. The van der Waals surface area contributed by atoms with Crippen molar-refractivity contribution in [2.45, 2.75) is 62.6 Å². The van der Waals surface area contributed by atoms with Gasteiger partial charge in [0.15, 0.2) is 5.44 Å². The van der Waals surface area contributed by atoms with Gasteiger partial charge in [-0.2, -0.15) is 0 Å². The number of hydrogen-bond donors (Lipinski definition) is 2. The smallest absolute Gasteiger partial charge is 0.246 e. The van der Waals surface area contributed by atoms with Crippen LogP contribution in [0.1, 0.15) is 41.5 Å². The minimum absolute atomic E-state index is 0.234. The first kappa shape index (κ1) is 29.5. The van der Waals surface area contributed by atoms with Crippen LogP contribution in [0, 0.1) is 13.8 Å². The molecule has 9 nitrogen and oxygen atoms in total. The van der Waals surface area contributed by atoms with Gasteiger partial charge in [-0.15, -0.1) is 0 Å². The van der Waals surface area contributed by atoms with Crippen LogP contribution in [0.3, 0.4) is 0 Å². The van der Waals surface area contributed by atoms with Crippen molar-refractivity contribution >= 4 is 15.7 Å². The predicted octanol–water partition coefficient (Wildman–Crippen LogP) is 2.72. The number of sulfone groups is 1. The highest BCUT2D eigenvalue weighted by atomic mass is 32.2. The summed E-state index contributed by atoms with van der Waals surface area (Å²) in [6.45, 7) is 8.51. The largest absolute Gasteiger partial charge is 0.497 e. The molecule has 2 saturated heterocycles. The second kappa shape index (κ2) is 13.7. The van der Waals surface area contributed by atoms with Crippen molar-refractivity contribution in [2.24, 2.45) is 0 Å². The summed E-state index contributed by atoms with van der Waals surface area (Å²) in [5.41, 5.74) is 2.20. The first-order valence-corrected chi connectivity index (χ1v) is 15.2. The molecule has 0 aromatic heterocycles. The zero-order chi connectivity index (χ0) is 27.8. The highest BCUT2D eigenvalue weighted by Gasteiger charge is 2.38. The summed E-state index contributed by atoms with van der Waals surface area (Å²) < 4.78 is 44.4. The standard InChI is InChI=1S/C29H41N3O6S/c1-21-16-25(36-3)17-22(2)28(21)39(34,35)29(26-6-4-5-11-30-26)38-20-27(33)31-18-23-7-9-24(10-8-23)19-32-12-14-37-15-13-32/h7-10,16-17,26,29-30H,4-6,11-15,18-20H2,1-3H3,(H,31,33). The lowest BCUT2D eigenvalue weighted by molar-refractivity contribution is -0.126. The topological polar surface area (TPSA) is 106 Å². The Labute approximate surface area is 232 Å². The Kier molecular flexibility index (Phi) is 10.4. The molecule has 0 bridgehead atoms. The molecule has 214 valence electrons. The number of morpholine rings is 1. The van der Waals surface area contributed by atoms with E-state index in [1.165, 1.54) is 5.56 Å². The van der Waals surface area contributed by atoms with Gasteiger partial charge in [-0.05, 0) is 67.6 Å². The molecule has 2 aromatic carbocycles. The van der Waals surface area contributed by atoms with Crippen LogP contribution in [0.25, 0.3) is 0 Å². The number of carbonyl (C=O) groups is 1. The molecule has 2 fully saturated rings. The van der Waals surface area contributed by atoms with E-state index in [2.05, 4.69) is 27.7 Å². The van der Waals surface area contributed by atoms with E-state index in [0.717, 1.165) is 51.3 Å². The molecule has 2 aliphatic rings. The molecule has 0 spiro atoms. The van der Waals surface area contributed by atoms with Crippen LogP contribution >= 0.6 is 0 Å². The van der Waals surface area contributed by atoms with Gasteiger partial charge in [0.2, 0.25) is 15.7 Å². The Morgan fingerprint density at radius 3 is 2.38 bits per heavy atom. The molecular weight excluding hydrogens is 518 g/mol. The Morgan fingerprint density at radius 2 is 1.77 bits per heavy atom. The van der Waals surface area contributed by atoms with Crippen molar-refractivity contribution in [3.05, 3.63) is 58.7 Å². The first-order valence-electron chi connectivity index (χ1n) is 13.7. The molecule has 2 unspecified atom stereocenters. The minimum atomic E-state index is -3.90. The number of aryl methyl sites for hydroxylation is 2. The Balaban J connectivity index is 1.38. The minimum Gasteiger partial charge on any atom is -0.497 e. The van der Waals surface area contributed by atoms with Gasteiger partial charge in [-0.1, -0.05) is 30.7 Å². The first-order chi connectivity index (χ1) is 18.8. The summed E-state index contributed by atoms with van der Waals surface area (Å²) in [5.74, 6) is 0.247. The molecule has 2 N–H and O–H groups in total. The second-order valence-corrected chi connectivity index (χ2v) is 12.3. The lowest BCUT2D eigenvalue weighted by Gasteiger charge is -2.31. The molecule has 1 amide bonds. The van der Waals surface area contributed by atoms with Gasteiger partial charge in [0, 0.05) is 32.2 Å². The third-order valence-corrected chi connectivity index (χ3v) is 9.63. The fourth-order valence-corrected chi connectivity index (χ4v) is 7.48. The Hall–Kier alpha value is -2.50. The number of piperidine rings is 1. The van der Waals surface area contributed by atoms with Gasteiger partial charge in [-0.3, -0.25) is 9.69 Å². The maximum Gasteiger partial charge on any atom is 0.246 e. The number of amides is 1. The van der Waals surface area contributed by atoms with Crippen molar-refractivity contribution in [2.75, 3.05) is 46.6 Å². The molecule has 10 heteroatoms. The van der Waals surface area contributed by atoms with Crippen LogP contribution in [0.15, 0.2) is 41.3 Å². The molecule has 2 heterocycles. The summed E-state index contributed by atoms with van der Waals surface area (Å²) in [6, 6.07) is 11.2. The highest BCUT2D eigenvalue weighted by molar-refractivity contribution is 7.92. The average Bonchev–Trinajstić information content (AvgIpc) is 2.93. The average molecular weight is 560 g/mol. The highest BCUT2D eigenvalue weighted by Crippen LogP contribution is 2.31. The molecular formula is C29H41N3O6S. The van der Waals surface area contributed by atoms with E-state index < -0.39 is 21.3 Å². The van der Waals surface area contributed by atoms with E-state index in [0.29, 0.717) is 36.4 Å². The second-order valence-electron chi connectivity index (χ2n) is 10.4.